The maximum Gasteiger partial charge on any atom is 0.246 e. The van der Waals surface area contributed by atoms with Crippen molar-refractivity contribution in [3.63, 3.8) is 0 Å². The van der Waals surface area contributed by atoms with Gasteiger partial charge in [0.1, 0.15) is 0 Å². The fourth-order valence-corrected chi connectivity index (χ4v) is 3.35. The van der Waals surface area contributed by atoms with E-state index in [1.807, 2.05) is 19.1 Å². The summed E-state index contributed by atoms with van der Waals surface area (Å²) in [6.45, 7) is 8.01. The first-order chi connectivity index (χ1) is 13.6. The van der Waals surface area contributed by atoms with Gasteiger partial charge in [0.2, 0.25) is 11.7 Å². The van der Waals surface area contributed by atoms with Gasteiger partial charge in [0.05, 0.1) is 0 Å². The molecule has 8 nitrogen and oxygen atoms in total. The van der Waals surface area contributed by atoms with Crippen molar-refractivity contribution >= 4 is 17.5 Å². The second-order valence-corrected chi connectivity index (χ2v) is 7.59. The predicted molar refractivity (Wildman–Crippen MR) is 109 cm³/mol. The molecule has 0 bridgehead atoms. The second kappa shape index (κ2) is 9.95. The van der Waals surface area contributed by atoms with Crippen molar-refractivity contribution in [3.05, 3.63) is 29.3 Å². The molecule has 0 radical (unpaired) electrons. The molecule has 1 N–H and O–H groups in total. The van der Waals surface area contributed by atoms with E-state index in [1.54, 1.807) is 12.1 Å². The Labute approximate surface area is 170 Å². The Morgan fingerprint density at radius 1 is 1.21 bits per heavy atom. The minimum Gasteiger partial charge on any atom is -0.354 e. The highest BCUT2D eigenvalue weighted by atomic mass is 35.5. The molecule has 1 aromatic carbocycles. The topological polar surface area (TPSA) is 79.2 Å². The van der Waals surface area contributed by atoms with E-state index >= 15 is 0 Å². The summed E-state index contributed by atoms with van der Waals surface area (Å²) in [5.74, 6) is 0.416. The molecule has 1 aliphatic rings. The summed E-state index contributed by atoms with van der Waals surface area (Å²) in [7, 11) is 2.15. The van der Waals surface area contributed by atoms with Gasteiger partial charge in [-0.3, -0.25) is 4.79 Å². The number of amides is 1. The number of tetrazole rings is 1. The minimum atomic E-state index is -0.461. The number of piperazine rings is 1. The number of aromatic nitrogens is 4. The zero-order valence-electron chi connectivity index (χ0n) is 16.5. The Balaban J connectivity index is 1.49. The largest absolute Gasteiger partial charge is 0.354 e. The molecule has 3 rings (SSSR count). The van der Waals surface area contributed by atoms with Crippen molar-refractivity contribution in [2.45, 2.75) is 25.8 Å². The Kier molecular flexibility index (Phi) is 7.36. The maximum absolute atomic E-state index is 12.6. The van der Waals surface area contributed by atoms with Crippen molar-refractivity contribution < 1.29 is 4.79 Å². The summed E-state index contributed by atoms with van der Waals surface area (Å²) in [5, 5.41) is 16.2. The number of nitrogens with one attached hydrogen (secondary N) is 1. The molecule has 0 aliphatic carbocycles. The van der Waals surface area contributed by atoms with E-state index < -0.39 is 6.04 Å². The van der Waals surface area contributed by atoms with Crippen LogP contribution in [-0.4, -0.2) is 82.2 Å². The van der Waals surface area contributed by atoms with Crippen LogP contribution in [0.25, 0.3) is 11.4 Å². The molecular formula is C19H28ClN7O. The number of hydrogen-bond acceptors (Lipinski definition) is 6. The van der Waals surface area contributed by atoms with Gasteiger partial charge in [0.25, 0.3) is 0 Å². The Hall–Kier alpha value is -2.03. The van der Waals surface area contributed by atoms with E-state index in [4.69, 9.17) is 11.6 Å². The molecule has 28 heavy (non-hydrogen) atoms. The molecule has 0 spiro atoms. The summed E-state index contributed by atoms with van der Waals surface area (Å²) in [6.07, 6.45) is 1.54. The lowest BCUT2D eigenvalue weighted by Crippen LogP contribution is -2.45. The first-order valence-corrected chi connectivity index (χ1v) is 10.2. The predicted octanol–water partition coefficient (Wildman–Crippen LogP) is 1.70. The highest BCUT2D eigenvalue weighted by Gasteiger charge is 2.22. The zero-order chi connectivity index (χ0) is 19.9. The van der Waals surface area contributed by atoms with Crippen LogP contribution >= 0.6 is 11.6 Å². The standard InChI is InChI=1S/C19H28ClN7O/c1-3-17(19(28)21-9-4-10-26-13-11-25(2)12-14-26)27-23-18(22-24-27)15-5-7-16(20)8-6-15/h5-8,17H,3-4,9-14H2,1-2H3,(H,21,28). The van der Waals surface area contributed by atoms with Crippen molar-refractivity contribution in [3.8, 4) is 11.4 Å². The molecule has 2 heterocycles. The highest BCUT2D eigenvalue weighted by Crippen LogP contribution is 2.18. The maximum atomic E-state index is 12.6. The number of hydrogen-bond donors (Lipinski definition) is 1. The van der Waals surface area contributed by atoms with Crippen molar-refractivity contribution in [2.75, 3.05) is 46.3 Å². The van der Waals surface area contributed by atoms with Gasteiger partial charge in [-0.1, -0.05) is 18.5 Å². The molecule has 9 heteroatoms. The van der Waals surface area contributed by atoms with E-state index in [0.29, 0.717) is 23.8 Å². The lowest BCUT2D eigenvalue weighted by Gasteiger charge is -2.32. The quantitative estimate of drug-likeness (QED) is 0.673. The Morgan fingerprint density at radius 3 is 2.61 bits per heavy atom. The molecule has 1 atom stereocenters. The smallest absolute Gasteiger partial charge is 0.246 e. The molecule has 2 aromatic rings. The SMILES string of the molecule is CCC(C(=O)NCCCN1CCN(C)CC1)n1nnc(-c2ccc(Cl)cc2)n1. The van der Waals surface area contributed by atoms with E-state index in [0.717, 1.165) is 44.7 Å². The average Bonchev–Trinajstić information content (AvgIpc) is 3.17. The van der Waals surface area contributed by atoms with Gasteiger partial charge in [0.15, 0.2) is 6.04 Å². The lowest BCUT2D eigenvalue weighted by atomic mass is 10.2. The number of likely N-dealkylation sites (N-methyl/N-ethyl adjacent to an activating group) is 1. The molecule has 1 saturated heterocycles. The third-order valence-electron chi connectivity index (χ3n) is 5.05. The average molecular weight is 406 g/mol. The molecule has 1 aliphatic heterocycles. The van der Waals surface area contributed by atoms with Crippen molar-refractivity contribution in [1.29, 1.82) is 0 Å². The van der Waals surface area contributed by atoms with E-state index in [2.05, 4.69) is 37.6 Å². The summed E-state index contributed by atoms with van der Waals surface area (Å²) in [6, 6.07) is 6.77. The van der Waals surface area contributed by atoms with Gasteiger partial charge in [-0.25, -0.2) is 0 Å². The summed E-state index contributed by atoms with van der Waals surface area (Å²) >= 11 is 5.92. The Morgan fingerprint density at radius 2 is 1.93 bits per heavy atom. The van der Waals surface area contributed by atoms with Crippen LogP contribution in [-0.2, 0) is 4.79 Å². The number of nitrogens with zero attached hydrogens (tertiary/aromatic N) is 6. The molecule has 1 aromatic heterocycles. The fourth-order valence-electron chi connectivity index (χ4n) is 3.23. The van der Waals surface area contributed by atoms with Crippen LogP contribution in [0.2, 0.25) is 5.02 Å². The summed E-state index contributed by atoms with van der Waals surface area (Å²) in [4.78, 5) is 18.8. The van der Waals surface area contributed by atoms with Gasteiger partial charge in [-0.05, 0) is 55.9 Å². The van der Waals surface area contributed by atoms with Crippen LogP contribution in [0.4, 0.5) is 0 Å². The first kappa shape index (κ1) is 20.7. The minimum absolute atomic E-state index is 0.0686. The van der Waals surface area contributed by atoms with E-state index in [1.165, 1.54) is 4.80 Å². The van der Waals surface area contributed by atoms with Gasteiger partial charge >= 0.3 is 0 Å². The van der Waals surface area contributed by atoms with Gasteiger partial charge in [-0.2, -0.15) is 4.80 Å². The van der Waals surface area contributed by atoms with Crippen LogP contribution in [0.15, 0.2) is 24.3 Å². The lowest BCUT2D eigenvalue weighted by molar-refractivity contribution is -0.125. The molecule has 1 fully saturated rings. The van der Waals surface area contributed by atoms with Crippen LogP contribution < -0.4 is 5.32 Å². The first-order valence-electron chi connectivity index (χ1n) is 9.81. The molecule has 1 amide bonds. The van der Waals surface area contributed by atoms with Crippen molar-refractivity contribution in [2.24, 2.45) is 0 Å². The van der Waals surface area contributed by atoms with Gasteiger partial charge < -0.3 is 15.1 Å². The van der Waals surface area contributed by atoms with Crippen LogP contribution in [0.5, 0.6) is 0 Å². The number of carbonyl (C=O) groups excluding carboxylic acids is 1. The highest BCUT2D eigenvalue weighted by molar-refractivity contribution is 6.30. The summed E-state index contributed by atoms with van der Waals surface area (Å²) in [5.41, 5.74) is 0.818. The van der Waals surface area contributed by atoms with Crippen LogP contribution in [0.1, 0.15) is 25.8 Å². The van der Waals surface area contributed by atoms with E-state index in [-0.39, 0.29) is 5.91 Å². The number of rotatable bonds is 8. The Bertz CT molecular complexity index is 756. The van der Waals surface area contributed by atoms with E-state index in [9.17, 15) is 4.79 Å². The van der Waals surface area contributed by atoms with Crippen molar-refractivity contribution in [1.82, 2.24) is 35.3 Å². The summed E-state index contributed by atoms with van der Waals surface area (Å²) < 4.78 is 0. The zero-order valence-corrected chi connectivity index (χ0v) is 17.3. The number of carbonyl (C=O) groups is 1. The monoisotopic (exact) mass is 405 g/mol. The molecule has 152 valence electrons. The second-order valence-electron chi connectivity index (χ2n) is 7.15. The molecule has 0 saturated carbocycles. The number of halogens is 1. The third-order valence-corrected chi connectivity index (χ3v) is 5.30. The normalized spacial score (nSPS) is 16.8. The van der Waals surface area contributed by atoms with Gasteiger partial charge in [0, 0.05) is 43.3 Å². The van der Waals surface area contributed by atoms with Gasteiger partial charge in [-0.15, -0.1) is 10.2 Å². The molecular weight excluding hydrogens is 378 g/mol. The third kappa shape index (κ3) is 5.50. The fraction of sp³-hybridized carbons (Fsp3) is 0.579. The van der Waals surface area contributed by atoms with Crippen LogP contribution in [0, 0.1) is 0 Å². The number of benzene rings is 1. The molecule has 1 unspecified atom stereocenters. The van der Waals surface area contributed by atoms with Crippen LogP contribution in [0.3, 0.4) is 0 Å².